The average molecular weight is 425 g/mol. The van der Waals surface area contributed by atoms with Gasteiger partial charge in [0.1, 0.15) is 17.3 Å². The Bertz CT molecular complexity index is 803. The van der Waals surface area contributed by atoms with Gasteiger partial charge in [0.2, 0.25) is 10.0 Å². The highest BCUT2D eigenvalue weighted by Crippen LogP contribution is 2.32. The van der Waals surface area contributed by atoms with Crippen molar-refractivity contribution in [2.75, 3.05) is 20.3 Å². The van der Waals surface area contributed by atoms with Crippen molar-refractivity contribution in [1.82, 2.24) is 4.72 Å². The highest BCUT2D eigenvalue weighted by Gasteiger charge is 2.22. The van der Waals surface area contributed by atoms with E-state index in [2.05, 4.69) is 4.72 Å². The van der Waals surface area contributed by atoms with Gasteiger partial charge in [-0.05, 0) is 29.8 Å². The molecule has 0 saturated carbocycles. The van der Waals surface area contributed by atoms with Crippen LogP contribution in [0.5, 0.6) is 5.75 Å². The van der Waals surface area contributed by atoms with Crippen molar-refractivity contribution in [3.8, 4) is 5.75 Å². The summed E-state index contributed by atoms with van der Waals surface area (Å²) in [6.45, 7) is 1.01. The van der Waals surface area contributed by atoms with Crippen molar-refractivity contribution in [2.45, 2.75) is 11.4 Å². The fourth-order valence-electron chi connectivity index (χ4n) is 1.98. The van der Waals surface area contributed by atoms with E-state index in [9.17, 15) is 8.42 Å². The number of rotatable bonds is 8. The minimum Gasteiger partial charge on any atom is -0.491 e. The van der Waals surface area contributed by atoms with Crippen molar-refractivity contribution in [2.24, 2.45) is 0 Å². The Hall–Kier alpha value is -1.02. The van der Waals surface area contributed by atoms with E-state index >= 15 is 0 Å². The molecule has 0 aliphatic carbocycles. The van der Waals surface area contributed by atoms with Crippen LogP contribution in [-0.2, 0) is 21.3 Å². The van der Waals surface area contributed by atoms with Crippen molar-refractivity contribution >= 4 is 44.8 Å². The fourth-order valence-corrected chi connectivity index (χ4v) is 4.54. The zero-order valence-electron chi connectivity index (χ0n) is 13.3. The van der Waals surface area contributed by atoms with Gasteiger partial charge in [-0.3, -0.25) is 0 Å². The predicted octanol–water partition coefficient (Wildman–Crippen LogP) is 4.15. The summed E-state index contributed by atoms with van der Waals surface area (Å²) in [7, 11) is -2.29. The lowest BCUT2D eigenvalue weighted by Crippen LogP contribution is -2.24. The molecule has 5 nitrogen and oxygen atoms in total. The number of methoxy groups -OCH3 is 1. The number of nitrogens with one attached hydrogen (secondary N) is 1. The molecule has 2 aromatic carbocycles. The molecule has 0 bridgehead atoms. The Morgan fingerprint density at radius 1 is 1.00 bits per heavy atom. The molecule has 2 rings (SSSR count). The SMILES string of the molecule is COCCOc1ccc(CNS(=O)(=O)c2c(Cl)cc(Cl)cc2Cl)cc1. The van der Waals surface area contributed by atoms with Gasteiger partial charge in [0.05, 0.1) is 16.7 Å². The minimum absolute atomic E-state index is 0.0353. The van der Waals surface area contributed by atoms with Gasteiger partial charge in [-0.2, -0.15) is 0 Å². The van der Waals surface area contributed by atoms with Crippen LogP contribution in [-0.4, -0.2) is 28.7 Å². The molecule has 0 fully saturated rings. The molecule has 25 heavy (non-hydrogen) atoms. The summed E-state index contributed by atoms with van der Waals surface area (Å²) in [5.41, 5.74) is 0.754. The Morgan fingerprint density at radius 3 is 2.16 bits per heavy atom. The van der Waals surface area contributed by atoms with Crippen LogP contribution in [0.4, 0.5) is 0 Å². The molecule has 0 saturated heterocycles. The summed E-state index contributed by atoms with van der Waals surface area (Å²) in [5, 5.41) is 0.191. The van der Waals surface area contributed by atoms with E-state index in [0.717, 1.165) is 5.56 Å². The lowest BCUT2D eigenvalue weighted by molar-refractivity contribution is 0.146. The zero-order chi connectivity index (χ0) is 18.4. The molecule has 2 aromatic rings. The molecule has 0 heterocycles. The molecule has 0 unspecified atom stereocenters. The second kappa shape index (κ2) is 9.07. The molecule has 136 valence electrons. The van der Waals surface area contributed by atoms with Crippen LogP contribution >= 0.6 is 34.8 Å². The highest BCUT2D eigenvalue weighted by atomic mass is 35.5. The normalized spacial score (nSPS) is 11.5. The topological polar surface area (TPSA) is 64.6 Å². The molecule has 9 heteroatoms. The summed E-state index contributed by atoms with van der Waals surface area (Å²) in [6.07, 6.45) is 0. The average Bonchev–Trinajstić information content (AvgIpc) is 2.53. The van der Waals surface area contributed by atoms with Crippen LogP contribution in [0.2, 0.25) is 15.1 Å². The number of sulfonamides is 1. The van der Waals surface area contributed by atoms with E-state index in [0.29, 0.717) is 19.0 Å². The van der Waals surface area contributed by atoms with Crippen LogP contribution in [0.3, 0.4) is 0 Å². The smallest absolute Gasteiger partial charge is 0.243 e. The Kier molecular flexibility index (Phi) is 7.37. The number of halogens is 3. The van der Waals surface area contributed by atoms with Gasteiger partial charge in [0.15, 0.2) is 0 Å². The predicted molar refractivity (Wildman–Crippen MR) is 99.3 cm³/mol. The van der Waals surface area contributed by atoms with Crippen LogP contribution in [0.15, 0.2) is 41.3 Å². The number of benzene rings is 2. The molecule has 0 amide bonds. The lowest BCUT2D eigenvalue weighted by Gasteiger charge is -2.11. The van der Waals surface area contributed by atoms with E-state index < -0.39 is 10.0 Å². The second-order valence-electron chi connectivity index (χ2n) is 5.01. The van der Waals surface area contributed by atoms with Crippen molar-refractivity contribution < 1.29 is 17.9 Å². The molecule has 0 spiro atoms. The molecular weight excluding hydrogens is 409 g/mol. The van der Waals surface area contributed by atoms with Crippen molar-refractivity contribution in [3.63, 3.8) is 0 Å². The van der Waals surface area contributed by atoms with Crippen molar-refractivity contribution in [3.05, 3.63) is 57.0 Å². The summed E-state index contributed by atoms with van der Waals surface area (Å²) < 4.78 is 37.7. The van der Waals surface area contributed by atoms with E-state index in [1.807, 2.05) is 0 Å². The Labute approximate surface area is 161 Å². The third kappa shape index (κ3) is 5.74. The van der Waals surface area contributed by atoms with Crippen LogP contribution < -0.4 is 9.46 Å². The van der Waals surface area contributed by atoms with E-state index in [1.165, 1.54) is 12.1 Å². The van der Waals surface area contributed by atoms with Gasteiger partial charge in [-0.25, -0.2) is 13.1 Å². The molecular formula is C16H16Cl3NO4S. The van der Waals surface area contributed by atoms with E-state index in [-0.39, 0.29) is 26.5 Å². The van der Waals surface area contributed by atoms with Gasteiger partial charge < -0.3 is 9.47 Å². The number of hydrogen-bond acceptors (Lipinski definition) is 4. The molecule has 0 aromatic heterocycles. The Morgan fingerprint density at radius 2 is 1.60 bits per heavy atom. The van der Waals surface area contributed by atoms with Gasteiger partial charge in [-0.15, -0.1) is 0 Å². The maximum Gasteiger partial charge on any atom is 0.243 e. The van der Waals surface area contributed by atoms with Gasteiger partial charge in [0.25, 0.3) is 0 Å². The first kappa shape index (κ1) is 20.3. The Balaban J connectivity index is 2.05. The largest absolute Gasteiger partial charge is 0.491 e. The number of hydrogen-bond donors (Lipinski definition) is 1. The summed E-state index contributed by atoms with van der Waals surface area (Å²) >= 11 is 17.7. The number of ether oxygens (including phenoxy) is 2. The molecule has 0 atom stereocenters. The minimum atomic E-state index is -3.88. The zero-order valence-corrected chi connectivity index (χ0v) is 16.3. The molecule has 0 aliphatic rings. The maximum absolute atomic E-state index is 12.4. The first-order valence-electron chi connectivity index (χ1n) is 7.18. The highest BCUT2D eigenvalue weighted by molar-refractivity contribution is 7.89. The van der Waals surface area contributed by atoms with Gasteiger partial charge in [0, 0.05) is 18.7 Å². The van der Waals surface area contributed by atoms with E-state index in [1.54, 1.807) is 31.4 Å². The second-order valence-corrected chi connectivity index (χ2v) is 7.96. The van der Waals surface area contributed by atoms with E-state index in [4.69, 9.17) is 44.3 Å². The van der Waals surface area contributed by atoms with Crippen LogP contribution in [0.1, 0.15) is 5.56 Å². The molecule has 0 aliphatic heterocycles. The van der Waals surface area contributed by atoms with Crippen LogP contribution in [0.25, 0.3) is 0 Å². The maximum atomic E-state index is 12.4. The van der Waals surface area contributed by atoms with Crippen molar-refractivity contribution in [1.29, 1.82) is 0 Å². The molecule has 0 radical (unpaired) electrons. The quantitative estimate of drug-likeness (QED) is 0.647. The molecule has 1 N–H and O–H groups in total. The first-order chi connectivity index (χ1) is 11.8. The lowest BCUT2D eigenvalue weighted by atomic mass is 10.2. The van der Waals surface area contributed by atoms with Gasteiger partial charge >= 0.3 is 0 Å². The van der Waals surface area contributed by atoms with Crippen LogP contribution in [0, 0.1) is 0 Å². The summed E-state index contributed by atoms with van der Waals surface area (Å²) in [4.78, 5) is -0.195. The first-order valence-corrected chi connectivity index (χ1v) is 9.80. The monoisotopic (exact) mass is 423 g/mol. The third-order valence-electron chi connectivity index (χ3n) is 3.18. The van der Waals surface area contributed by atoms with Gasteiger partial charge in [-0.1, -0.05) is 46.9 Å². The third-order valence-corrected chi connectivity index (χ3v) is 5.72. The fraction of sp³-hybridized carbons (Fsp3) is 0.250. The summed E-state index contributed by atoms with van der Waals surface area (Å²) in [5.74, 6) is 0.674. The summed E-state index contributed by atoms with van der Waals surface area (Å²) in [6, 6.07) is 9.68. The standard InChI is InChI=1S/C16H16Cl3NO4S/c1-23-6-7-24-13-4-2-11(3-5-13)10-20-25(21,22)16-14(18)8-12(17)9-15(16)19/h2-5,8-9,20H,6-7,10H2,1H3.